The number of nitrogens with zero attached hydrogens (tertiary/aromatic N) is 3. The van der Waals surface area contributed by atoms with Crippen molar-refractivity contribution in [2.45, 2.75) is 78.4 Å². The van der Waals surface area contributed by atoms with Crippen molar-refractivity contribution < 1.29 is 18.8 Å². The van der Waals surface area contributed by atoms with Gasteiger partial charge in [-0.1, -0.05) is 40.5 Å². The van der Waals surface area contributed by atoms with Crippen LogP contribution in [0.1, 0.15) is 80.8 Å². The third kappa shape index (κ3) is 7.55. The summed E-state index contributed by atoms with van der Waals surface area (Å²) in [6, 6.07) is 6.07. The number of ketones is 1. The average molecular weight is 528 g/mol. The van der Waals surface area contributed by atoms with Crippen LogP contribution in [0.5, 0.6) is 0 Å². The highest BCUT2D eigenvalue weighted by atomic mass is 16.4. The minimum Gasteiger partial charge on any atom is -0.384 e. The third-order valence-corrected chi connectivity index (χ3v) is 6.76. The van der Waals surface area contributed by atoms with Crippen molar-refractivity contribution in [2.75, 3.05) is 19.0 Å². The molecule has 2 N–H and O–H groups in total. The molecule has 2 aromatic rings. The van der Waals surface area contributed by atoms with Crippen LogP contribution in [-0.2, 0) is 11.3 Å². The van der Waals surface area contributed by atoms with Gasteiger partial charge in [-0.15, -0.1) is 5.10 Å². The molecule has 1 aliphatic rings. The zero-order chi connectivity index (χ0) is 28.0. The molecule has 38 heavy (non-hydrogen) atoms. The molecule has 0 radical (unpaired) electrons. The van der Waals surface area contributed by atoms with Gasteiger partial charge in [0.05, 0.1) is 18.5 Å². The van der Waals surface area contributed by atoms with Gasteiger partial charge in [0.25, 0.3) is 11.8 Å². The van der Waals surface area contributed by atoms with E-state index in [0.717, 1.165) is 23.2 Å². The lowest BCUT2D eigenvalue weighted by atomic mass is 9.83. The van der Waals surface area contributed by atoms with Gasteiger partial charge in [-0.25, -0.2) is 4.79 Å². The summed E-state index contributed by atoms with van der Waals surface area (Å²) in [6.45, 7) is 8.10. The zero-order valence-corrected chi connectivity index (χ0v) is 23.3. The Kier molecular flexibility index (Phi) is 9.88. The van der Waals surface area contributed by atoms with Gasteiger partial charge in [0.2, 0.25) is 11.7 Å². The van der Waals surface area contributed by atoms with Crippen LogP contribution in [0.15, 0.2) is 33.5 Å². The summed E-state index contributed by atoms with van der Waals surface area (Å²) in [7, 11) is 3.87. The second kappa shape index (κ2) is 12.9. The van der Waals surface area contributed by atoms with Crippen LogP contribution in [0.25, 0.3) is 0 Å². The van der Waals surface area contributed by atoms with Gasteiger partial charge >= 0.3 is 5.76 Å². The standard InChI is InChI=1S/C28H41N5O5/c1-17(2)15-23(24(34)27-31-33(16-18(3)4)28(37)38-27)30-26(36)21-9-7-8-10-22(21)29-25(35)19-11-13-20(14-12-19)32(5)6/h11-14,17-18,21-23H,7-10,15-16H2,1-6H3,(H,29,35)(H,30,36)/t21-,22+,23+/m1/s1. The van der Waals surface area contributed by atoms with Crippen LogP contribution in [0.2, 0.25) is 0 Å². The van der Waals surface area contributed by atoms with E-state index in [1.165, 1.54) is 0 Å². The van der Waals surface area contributed by atoms with Crippen molar-refractivity contribution in [2.24, 2.45) is 17.8 Å². The first-order valence-corrected chi connectivity index (χ1v) is 13.5. The van der Waals surface area contributed by atoms with Crippen molar-refractivity contribution in [1.29, 1.82) is 0 Å². The highest BCUT2D eigenvalue weighted by molar-refractivity contribution is 5.99. The molecule has 3 rings (SSSR count). The van der Waals surface area contributed by atoms with Gasteiger partial charge in [-0.2, -0.15) is 4.68 Å². The van der Waals surface area contributed by atoms with Crippen molar-refractivity contribution >= 4 is 23.3 Å². The number of hydrogen-bond acceptors (Lipinski definition) is 7. The highest BCUT2D eigenvalue weighted by Gasteiger charge is 2.35. The molecule has 0 bridgehead atoms. The fourth-order valence-corrected chi connectivity index (χ4v) is 4.78. The Morgan fingerprint density at radius 2 is 1.71 bits per heavy atom. The Morgan fingerprint density at radius 3 is 2.32 bits per heavy atom. The molecule has 1 heterocycles. The first-order chi connectivity index (χ1) is 18.0. The summed E-state index contributed by atoms with van der Waals surface area (Å²) >= 11 is 0. The summed E-state index contributed by atoms with van der Waals surface area (Å²) < 4.78 is 6.29. The van der Waals surface area contributed by atoms with E-state index >= 15 is 0 Å². The van der Waals surface area contributed by atoms with Gasteiger partial charge in [0.15, 0.2) is 0 Å². The van der Waals surface area contributed by atoms with E-state index in [2.05, 4.69) is 15.7 Å². The Labute approximate surface area is 224 Å². The average Bonchev–Trinajstić information content (AvgIpc) is 3.22. The van der Waals surface area contributed by atoms with Crippen LogP contribution >= 0.6 is 0 Å². The molecule has 3 atom stereocenters. The van der Waals surface area contributed by atoms with Crippen LogP contribution < -0.4 is 21.3 Å². The molecular formula is C28H41N5O5. The number of anilines is 1. The maximum Gasteiger partial charge on any atom is 0.437 e. The maximum absolute atomic E-state index is 13.5. The molecule has 1 aromatic carbocycles. The second-order valence-electron chi connectivity index (χ2n) is 11.2. The topological polar surface area (TPSA) is 127 Å². The van der Waals surface area contributed by atoms with E-state index in [1.54, 1.807) is 12.1 Å². The number of benzene rings is 1. The highest BCUT2D eigenvalue weighted by Crippen LogP contribution is 2.26. The van der Waals surface area contributed by atoms with Gasteiger partial charge in [0.1, 0.15) is 0 Å². The molecule has 2 amide bonds. The van der Waals surface area contributed by atoms with Gasteiger partial charge in [-0.05, 0) is 55.4 Å². The van der Waals surface area contributed by atoms with Gasteiger partial charge in [-0.3, -0.25) is 14.4 Å². The monoisotopic (exact) mass is 527 g/mol. The quantitative estimate of drug-likeness (QED) is 0.430. The van der Waals surface area contributed by atoms with E-state index in [1.807, 2.05) is 58.8 Å². The van der Waals surface area contributed by atoms with Crippen molar-refractivity contribution in [3.63, 3.8) is 0 Å². The van der Waals surface area contributed by atoms with Crippen LogP contribution in [-0.4, -0.2) is 53.6 Å². The molecule has 1 saturated carbocycles. The Hall–Kier alpha value is -3.43. The summed E-state index contributed by atoms with van der Waals surface area (Å²) in [4.78, 5) is 53.8. The Balaban J connectivity index is 1.73. The van der Waals surface area contributed by atoms with E-state index in [0.29, 0.717) is 31.4 Å². The number of rotatable bonds is 11. The maximum atomic E-state index is 13.5. The van der Waals surface area contributed by atoms with Crippen molar-refractivity contribution in [3.05, 3.63) is 46.3 Å². The molecule has 0 unspecified atom stereocenters. The summed E-state index contributed by atoms with van der Waals surface area (Å²) in [5.41, 5.74) is 1.52. The number of aromatic nitrogens is 2. The number of carbonyl (C=O) groups is 3. The third-order valence-electron chi connectivity index (χ3n) is 6.76. The normalized spacial score (nSPS) is 18.3. The Bertz CT molecular complexity index is 1170. The molecule has 1 fully saturated rings. The molecule has 1 aliphatic carbocycles. The van der Waals surface area contributed by atoms with Gasteiger partial charge in [0, 0.05) is 31.4 Å². The van der Waals surface area contributed by atoms with Crippen LogP contribution in [0, 0.1) is 17.8 Å². The number of amides is 2. The molecule has 0 aliphatic heterocycles. The van der Waals surface area contributed by atoms with E-state index in [4.69, 9.17) is 4.42 Å². The lowest BCUT2D eigenvalue weighted by molar-refractivity contribution is -0.127. The second-order valence-corrected chi connectivity index (χ2v) is 11.2. The number of nitrogens with one attached hydrogen (secondary N) is 2. The molecule has 10 nitrogen and oxygen atoms in total. The minimum absolute atomic E-state index is 0.0979. The lowest BCUT2D eigenvalue weighted by Gasteiger charge is -2.32. The number of hydrogen-bond donors (Lipinski definition) is 2. The largest absolute Gasteiger partial charge is 0.437 e. The smallest absolute Gasteiger partial charge is 0.384 e. The van der Waals surface area contributed by atoms with Crippen molar-refractivity contribution in [3.8, 4) is 0 Å². The zero-order valence-electron chi connectivity index (χ0n) is 23.3. The van der Waals surface area contributed by atoms with Gasteiger partial charge < -0.3 is 20.0 Å². The Morgan fingerprint density at radius 1 is 1.05 bits per heavy atom. The predicted molar refractivity (Wildman–Crippen MR) is 145 cm³/mol. The van der Waals surface area contributed by atoms with Crippen molar-refractivity contribution in [1.82, 2.24) is 20.4 Å². The molecule has 10 heteroatoms. The summed E-state index contributed by atoms with van der Waals surface area (Å²) in [5, 5.41) is 10.0. The lowest BCUT2D eigenvalue weighted by Crippen LogP contribution is -2.52. The van der Waals surface area contributed by atoms with Crippen LogP contribution in [0.3, 0.4) is 0 Å². The molecule has 1 aromatic heterocycles. The minimum atomic E-state index is -0.884. The molecule has 0 saturated heterocycles. The number of Topliss-reactive ketones (excluding diaryl/α,β-unsaturated/α-hetero) is 1. The van der Waals surface area contributed by atoms with E-state index in [9.17, 15) is 19.2 Å². The fraction of sp³-hybridized carbons (Fsp3) is 0.607. The van der Waals surface area contributed by atoms with Crippen LogP contribution in [0.4, 0.5) is 5.69 Å². The van der Waals surface area contributed by atoms with E-state index in [-0.39, 0.29) is 35.6 Å². The molecule has 208 valence electrons. The number of carbonyl (C=O) groups excluding carboxylic acids is 3. The fourth-order valence-electron chi connectivity index (χ4n) is 4.78. The molecular weight excluding hydrogens is 486 g/mol. The van der Waals surface area contributed by atoms with E-state index < -0.39 is 23.5 Å². The summed E-state index contributed by atoms with van der Waals surface area (Å²) in [6.07, 6.45) is 3.42. The predicted octanol–water partition coefficient (Wildman–Crippen LogP) is 3.26. The first kappa shape index (κ1) is 29.1. The SMILES string of the molecule is CC(C)C[C@H](NC(=O)[C@@H]1CCCC[C@@H]1NC(=O)c1ccc(N(C)C)cc1)C(=O)c1nn(CC(C)C)c(=O)o1. The summed E-state index contributed by atoms with van der Waals surface area (Å²) in [5.74, 6) is -2.25. The first-order valence-electron chi connectivity index (χ1n) is 13.5. The molecule has 0 spiro atoms.